The molecule has 1 heterocycles. The summed E-state index contributed by atoms with van der Waals surface area (Å²) in [6, 6.07) is 0.293. The first-order valence-electron chi connectivity index (χ1n) is 5.99. The van der Waals surface area contributed by atoms with Gasteiger partial charge in [0, 0.05) is 25.0 Å². The fourth-order valence-corrected chi connectivity index (χ4v) is 2.83. The van der Waals surface area contributed by atoms with Crippen molar-refractivity contribution in [2.75, 3.05) is 14.2 Å². The lowest BCUT2D eigenvalue weighted by Crippen LogP contribution is -2.47. The summed E-state index contributed by atoms with van der Waals surface area (Å²) in [5.41, 5.74) is 1.27. The van der Waals surface area contributed by atoms with Crippen LogP contribution in [0.3, 0.4) is 0 Å². The van der Waals surface area contributed by atoms with Crippen LogP contribution in [-0.4, -0.2) is 31.3 Å². The van der Waals surface area contributed by atoms with Crippen molar-refractivity contribution < 1.29 is 4.74 Å². The maximum absolute atomic E-state index is 5.66. The molecule has 3 nitrogen and oxygen atoms in total. The van der Waals surface area contributed by atoms with Crippen LogP contribution < -0.4 is 5.32 Å². The van der Waals surface area contributed by atoms with E-state index in [4.69, 9.17) is 4.74 Å². The molecule has 1 aromatic heterocycles. The molecular formula is C13H24N2OS. The van der Waals surface area contributed by atoms with Gasteiger partial charge in [0.15, 0.2) is 0 Å². The molecule has 98 valence electrons. The smallest absolute Gasteiger partial charge is 0.0897 e. The van der Waals surface area contributed by atoms with Crippen LogP contribution in [0.2, 0.25) is 0 Å². The van der Waals surface area contributed by atoms with Crippen LogP contribution in [0.4, 0.5) is 0 Å². The third-order valence-corrected chi connectivity index (χ3v) is 3.76. The highest BCUT2D eigenvalue weighted by molar-refractivity contribution is 7.09. The summed E-state index contributed by atoms with van der Waals surface area (Å²) in [4.78, 5) is 4.52. The molecule has 0 saturated carbocycles. The van der Waals surface area contributed by atoms with Crippen LogP contribution in [0.5, 0.6) is 0 Å². The van der Waals surface area contributed by atoms with Gasteiger partial charge in [-0.3, -0.25) is 0 Å². The largest absolute Gasteiger partial charge is 0.379 e. The predicted octanol–water partition coefficient (Wildman–Crippen LogP) is 2.64. The lowest BCUT2D eigenvalue weighted by molar-refractivity contribution is -0.00939. The molecule has 0 amide bonds. The number of ether oxygens (including phenoxy) is 1. The minimum absolute atomic E-state index is 0.119. The summed E-state index contributed by atoms with van der Waals surface area (Å²) >= 11 is 1.70. The molecule has 0 saturated heterocycles. The van der Waals surface area contributed by atoms with Crippen molar-refractivity contribution in [3.05, 3.63) is 16.1 Å². The van der Waals surface area contributed by atoms with Crippen LogP contribution >= 0.6 is 11.3 Å². The van der Waals surface area contributed by atoms with E-state index in [2.05, 4.69) is 36.5 Å². The SMILES string of the molecule is CNC(Cc1csc(C)n1)C(OC)C(C)(C)C. The molecule has 0 aromatic carbocycles. The van der Waals surface area contributed by atoms with E-state index in [1.165, 1.54) is 0 Å². The number of aryl methyl sites for hydroxylation is 1. The molecule has 0 aliphatic heterocycles. The quantitative estimate of drug-likeness (QED) is 0.879. The first-order chi connectivity index (χ1) is 7.88. The molecule has 17 heavy (non-hydrogen) atoms. The number of nitrogens with zero attached hydrogens (tertiary/aromatic N) is 1. The second-order valence-electron chi connectivity index (χ2n) is 5.48. The highest BCUT2D eigenvalue weighted by Gasteiger charge is 2.31. The van der Waals surface area contributed by atoms with Crippen molar-refractivity contribution in [3.8, 4) is 0 Å². The number of likely N-dealkylation sites (N-methyl/N-ethyl adjacent to an activating group) is 1. The van der Waals surface area contributed by atoms with Crippen LogP contribution in [-0.2, 0) is 11.2 Å². The van der Waals surface area contributed by atoms with Crippen molar-refractivity contribution >= 4 is 11.3 Å². The van der Waals surface area contributed by atoms with Crippen LogP contribution in [0, 0.1) is 12.3 Å². The summed E-state index contributed by atoms with van der Waals surface area (Å²) < 4.78 is 5.66. The summed E-state index contributed by atoms with van der Waals surface area (Å²) in [5.74, 6) is 0. The third kappa shape index (κ3) is 4.05. The molecule has 0 bridgehead atoms. The van der Waals surface area contributed by atoms with Gasteiger partial charge >= 0.3 is 0 Å². The number of hydrogen-bond donors (Lipinski definition) is 1. The topological polar surface area (TPSA) is 34.2 Å². The Morgan fingerprint density at radius 1 is 1.47 bits per heavy atom. The van der Waals surface area contributed by atoms with Crippen LogP contribution in [0.25, 0.3) is 0 Å². The molecular weight excluding hydrogens is 232 g/mol. The Hall–Kier alpha value is -0.450. The number of methoxy groups -OCH3 is 1. The average molecular weight is 256 g/mol. The standard InChI is InChI=1S/C13H24N2OS/c1-9-15-10(8-17-9)7-11(14-5)12(16-6)13(2,3)4/h8,11-12,14H,7H2,1-6H3. The number of aromatic nitrogens is 1. The second kappa shape index (κ2) is 5.94. The molecule has 0 aliphatic carbocycles. The summed E-state index contributed by atoms with van der Waals surface area (Å²) in [7, 11) is 3.77. The van der Waals surface area contributed by atoms with Gasteiger partial charge in [0.05, 0.1) is 16.8 Å². The Labute approximate surface area is 109 Å². The minimum atomic E-state index is 0.119. The molecule has 0 fully saturated rings. The lowest BCUT2D eigenvalue weighted by Gasteiger charge is -2.35. The monoisotopic (exact) mass is 256 g/mol. The maximum atomic E-state index is 5.66. The van der Waals surface area contributed by atoms with E-state index in [9.17, 15) is 0 Å². The van der Waals surface area contributed by atoms with Gasteiger partial charge in [-0.15, -0.1) is 11.3 Å². The Kier molecular flexibility index (Phi) is 5.10. The number of thiazole rings is 1. The second-order valence-corrected chi connectivity index (χ2v) is 6.54. The van der Waals surface area contributed by atoms with E-state index in [0.29, 0.717) is 6.04 Å². The van der Waals surface area contributed by atoms with E-state index < -0.39 is 0 Å². The number of hydrogen-bond acceptors (Lipinski definition) is 4. The Morgan fingerprint density at radius 3 is 2.47 bits per heavy atom. The van der Waals surface area contributed by atoms with E-state index in [-0.39, 0.29) is 11.5 Å². The van der Waals surface area contributed by atoms with Gasteiger partial charge in [0.1, 0.15) is 0 Å². The molecule has 4 heteroatoms. The number of rotatable bonds is 5. The average Bonchev–Trinajstić information content (AvgIpc) is 2.61. The van der Waals surface area contributed by atoms with E-state index in [1.807, 2.05) is 14.0 Å². The van der Waals surface area contributed by atoms with Gasteiger partial charge in [0.2, 0.25) is 0 Å². The molecule has 1 aromatic rings. The Balaban J connectivity index is 2.76. The van der Waals surface area contributed by atoms with Gasteiger partial charge in [-0.2, -0.15) is 0 Å². The molecule has 0 aliphatic rings. The summed E-state index contributed by atoms with van der Waals surface area (Å²) in [5, 5.41) is 6.62. The summed E-state index contributed by atoms with van der Waals surface area (Å²) in [6.07, 6.45) is 1.09. The fraction of sp³-hybridized carbons (Fsp3) is 0.769. The molecule has 2 atom stereocenters. The lowest BCUT2D eigenvalue weighted by atomic mass is 9.83. The van der Waals surface area contributed by atoms with Gasteiger partial charge in [-0.1, -0.05) is 20.8 Å². The Morgan fingerprint density at radius 2 is 2.12 bits per heavy atom. The van der Waals surface area contributed by atoms with E-state index >= 15 is 0 Å². The molecule has 1 rings (SSSR count). The highest BCUT2D eigenvalue weighted by Crippen LogP contribution is 2.26. The van der Waals surface area contributed by atoms with Crippen molar-refractivity contribution in [1.82, 2.24) is 10.3 Å². The first-order valence-corrected chi connectivity index (χ1v) is 6.87. The van der Waals surface area contributed by atoms with Gasteiger partial charge in [-0.05, 0) is 19.4 Å². The van der Waals surface area contributed by atoms with Gasteiger partial charge < -0.3 is 10.1 Å². The van der Waals surface area contributed by atoms with E-state index in [1.54, 1.807) is 18.4 Å². The van der Waals surface area contributed by atoms with E-state index in [0.717, 1.165) is 17.1 Å². The van der Waals surface area contributed by atoms with Crippen molar-refractivity contribution in [3.63, 3.8) is 0 Å². The van der Waals surface area contributed by atoms with Crippen LogP contribution in [0.15, 0.2) is 5.38 Å². The highest BCUT2D eigenvalue weighted by atomic mass is 32.1. The fourth-order valence-electron chi connectivity index (χ4n) is 2.21. The zero-order chi connectivity index (χ0) is 13.1. The van der Waals surface area contributed by atoms with Gasteiger partial charge in [-0.25, -0.2) is 4.98 Å². The van der Waals surface area contributed by atoms with Crippen molar-refractivity contribution in [2.24, 2.45) is 5.41 Å². The predicted molar refractivity (Wildman–Crippen MR) is 73.7 cm³/mol. The molecule has 1 N–H and O–H groups in total. The minimum Gasteiger partial charge on any atom is -0.379 e. The Bertz CT molecular complexity index is 343. The molecule has 0 radical (unpaired) electrons. The van der Waals surface area contributed by atoms with Gasteiger partial charge in [0.25, 0.3) is 0 Å². The summed E-state index contributed by atoms with van der Waals surface area (Å²) in [6.45, 7) is 8.66. The van der Waals surface area contributed by atoms with Crippen LogP contribution in [0.1, 0.15) is 31.5 Å². The number of nitrogens with one attached hydrogen (secondary N) is 1. The van der Waals surface area contributed by atoms with Crippen molar-refractivity contribution in [2.45, 2.75) is 46.3 Å². The third-order valence-electron chi connectivity index (χ3n) is 2.94. The molecule has 2 unspecified atom stereocenters. The van der Waals surface area contributed by atoms with Crippen molar-refractivity contribution in [1.29, 1.82) is 0 Å². The maximum Gasteiger partial charge on any atom is 0.0897 e. The zero-order valence-corrected chi connectivity index (χ0v) is 12.5. The first kappa shape index (κ1) is 14.6. The molecule has 0 spiro atoms. The normalized spacial score (nSPS) is 15.9. The zero-order valence-electron chi connectivity index (χ0n) is 11.7.